The molecule has 0 bridgehead atoms. The van der Waals surface area contributed by atoms with Gasteiger partial charge in [0.2, 0.25) is 0 Å². The van der Waals surface area contributed by atoms with Crippen molar-refractivity contribution < 1.29 is 19.2 Å². The van der Waals surface area contributed by atoms with Crippen molar-refractivity contribution in [3.63, 3.8) is 0 Å². The lowest BCUT2D eigenvalue weighted by Gasteiger charge is -2.19. The van der Waals surface area contributed by atoms with Crippen molar-refractivity contribution in [3.05, 3.63) is 134 Å². The molecule has 188 valence electrons. The number of benzene rings is 4. The van der Waals surface area contributed by atoms with Gasteiger partial charge < -0.3 is 5.32 Å². The van der Waals surface area contributed by atoms with E-state index in [1.807, 2.05) is 58.0 Å². The highest BCUT2D eigenvalue weighted by molar-refractivity contribution is 6.28. The van der Waals surface area contributed by atoms with Crippen LogP contribution in [0.25, 0.3) is 0 Å². The lowest BCUT2D eigenvalue weighted by Crippen LogP contribution is -2.22. The minimum absolute atomic E-state index is 0.0489. The summed E-state index contributed by atoms with van der Waals surface area (Å²) in [7, 11) is 0. The number of carbonyl (C=O) groups is 4. The van der Waals surface area contributed by atoms with Crippen LogP contribution in [0.4, 0.5) is 5.69 Å². The molecule has 0 atom stereocenters. The maximum atomic E-state index is 13.3. The van der Waals surface area contributed by atoms with Gasteiger partial charge in [-0.05, 0) is 98.0 Å². The van der Waals surface area contributed by atoms with Crippen molar-refractivity contribution in [2.24, 2.45) is 0 Å². The summed E-state index contributed by atoms with van der Waals surface area (Å²) in [6.45, 7) is 7.88. The van der Waals surface area contributed by atoms with E-state index in [4.69, 9.17) is 0 Å². The number of hydrogen-bond acceptors (Lipinski definition) is 4. The van der Waals surface area contributed by atoms with Gasteiger partial charge in [-0.1, -0.05) is 30.3 Å². The monoisotopic (exact) mass is 501 g/mol. The summed E-state index contributed by atoms with van der Waals surface area (Å²) < 4.78 is 0. The average molecular weight is 502 g/mol. The molecule has 1 aliphatic carbocycles. The molecular formula is C33H27NO4. The lowest BCUT2D eigenvalue weighted by atomic mass is 9.82. The normalized spacial score (nSPS) is 12.1. The Balaban J connectivity index is 1.38. The van der Waals surface area contributed by atoms with Crippen LogP contribution in [0.5, 0.6) is 0 Å². The molecule has 0 radical (unpaired) electrons. The zero-order chi connectivity index (χ0) is 27.1. The number of Topliss-reactive ketones (excluding diaryl/α,β-unsaturated/α-hetero) is 1. The topological polar surface area (TPSA) is 80.3 Å². The molecule has 0 fully saturated rings. The van der Waals surface area contributed by atoms with E-state index in [0.717, 1.165) is 22.3 Å². The van der Waals surface area contributed by atoms with Crippen LogP contribution in [-0.4, -0.2) is 23.3 Å². The number of anilines is 1. The van der Waals surface area contributed by atoms with Crippen LogP contribution in [0.1, 0.15) is 80.4 Å². The van der Waals surface area contributed by atoms with Gasteiger partial charge in [0.15, 0.2) is 17.3 Å². The molecule has 1 aliphatic rings. The standard InChI is InChI=1S/C33H27NO4/c1-18-5-8-23(13-20(18)3)30(35)16-22-7-11-26-28(15-22)31(36)27-12-10-25(17-29(27)32(26)37)34-33(38)24-9-6-19(2)21(4)14-24/h5-15,17H,16H2,1-4H3,(H,34,38). The van der Waals surface area contributed by atoms with Gasteiger partial charge in [0, 0.05) is 45.5 Å². The van der Waals surface area contributed by atoms with Gasteiger partial charge in [-0.2, -0.15) is 0 Å². The fraction of sp³-hybridized carbons (Fsp3) is 0.152. The Bertz CT molecular complexity index is 1550. The van der Waals surface area contributed by atoms with Crippen molar-refractivity contribution in [2.45, 2.75) is 34.1 Å². The van der Waals surface area contributed by atoms with Crippen LogP contribution in [0.15, 0.2) is 72.8 Å². The van der Waals surface area contributed by atoms with Gasteiger partial charge in [-0.25, -0.2) is 0 Å². The van der Waals surface area contributed by atoms with Crippen LogP contribution in [0.2, 0.25) is 0 Å². The number of aryl methyl sites for hydroxylation is 4. The van der Waals surface area contributed by atoms with Crippen molar-refractivity contribution in [1.82, 2.24) is 0 Å². The predicted molar refractivity (Wildman–Crippen MR) is 148 cm³/mol. The van der Waals surface area contributed by atoms with Gasteiger partial charge in [0.05, 0.1) is 0 Å². The van der Waals surface area contributed by atoms with E-state index < -0.39 is 0 Å². The van der Waals surface area contributed by atoms with Crippen molar-refractivity contribution in [2.75, 3.05) is 5.32 Å². The zero-order valence-electron chi connectivity index (χ0n) is 21.8. The number of nitrogens with one attached hydrogen (secondary N) is 1. The van der Waals surface area contributed by atoms with E-state index in [0.29, 0.717) is 33.5 Å². The first kappa shape index (κ1) is 25.0. The Labute approximate surface area is 221 Å². The van der Waals surface area contributed by atoms with E-state index in [2.05, 4.69) is 5.32 Å². The number of fused-ring (bicyclic) bond motifs is 2. The SMILES string of the molecule is Cc1ccc(C(=O)Cc2ccc3c(c2)C(=O)c2ccc(NC(=O)c4ccc(C)c(C)c4)cc2C3=O)cc1C. The Morgan fingerprint density at radius 2 is 1.13 bits per heavy atom. The molecule has 0 saturated carbocycles. The number of amides is 1. The van der Waals surface area contributed by atoms with Gasteiger partial charge >= 0.3 is 0 Å². The van der Waals surface area contributed by atoms with E-state index in [1.165, 1.54) is 0 Å². The fourth-order valence-corrected chi connectivity index (χ4v) is 4.67. The summed E-state index contributed by atoms with van der Waals surface area (Å²) in [5, 5.41) is 2.83. The number of ketones is 3. The van der Waals surface area contributed by atoms with E-state index >= 15 is 0 Å². The molecule has 0 spiro atoms. The highest BCUT2D eigenvalue weighted by atomic mass is 16.2. The number of hydrogen-bond donors (Lipinski definition) is 1. The smallest absolute Gasteiger partial charge is 0.255 e. The van der Waals surface area contributed by atoms with Gasteiger partial charge in [0.25, 0.3) is 5.91 Å². The number of carbonyl (C=O) groups excluding carboxylic acids is 4. The molecular weight excluding hydrogens is 474 g/mol. The van der Waals surface area contributed by atoms with Crippen LogP contribution >= 0.6 is 0 Å². The van der Waals surface area contributed by atoms with Gasteiger partial charge in [0.1, 0.15) is 0 Å². The third-order valence-corrected chi connectivity index (χ3v) is 7.30. The third-order valence-electron chi connectivity index (χ3n) is 7.30. The van der Waals surface area contributed by atoms with Crippen molar-refractivity contribution >= 4 is 28.9 Å². The molecule has 5 nitrogen and oxygen atoms in total. The predicted octanol–water partition coefficient (Wildman–Crippen LogP) is 6.37. The molecule has 4 aromatic rings. The van der Waals surface area contributed by atoms with Gasteiger partial charge in [-0.3, -0.25) is 19.2 Å². The Morgan fingerprint density at radius 1 is 0.579 bits per heavy atom. The molecule has 1 N–H and O–H groups in total. The van der Waals surface area contributed by atoms with E-state index in [9.17, 15) is 19.2 Å². The second-order valence-corrected chi connectivity index (χ2v) is 9.95. The van der Waals surface area contributed by atoms with Crippen LogP contribution in [-0.2, 0) is 6.42 Å². The zero-order valence-corrected chi connectivity index (χ0v) is 21.8. The van der Waals surface area contributed by atoms with Crippen LogP contribution in [0, 0.1) is 27.7 Å². The fourth-order valence-electron chi connectivity index (χ4n) is 4.67. The quantitative estimate of drug-likeness (QED) is 0.284. The Hall–Kier alpha value is -4.64. The summed E-state index contributed by atoms with van der Waals surface area (Å²) in [5.41, 5.74) is 7.63. The Kier molecular flexibility index (Phi) is 6.37. The maximum Gasteiger partial charge on any atom is 0.255 e. The van der Waals surface area contributed by atoms with Crippen LogP contribution in [0.3, 0.4) is 0 Å². The molecule has 38 heavy (non-hydrogen) atoms. The summed E-state index contributed by atoms with van der Waals surface area (Å²) in [4.78, 5) is 52.3. The maximum absolute atomic E-state index is 13.3. The number of rotatable bonds is 5. The molecule has 0 heterocycles. The largest absolute Gasteiger partial charge is 0.322 e. The van der Waals surface area contributed by atoms with Crippen molar-refractivity contribution in [3.8, 4) is 0 Å². The molecule has 0 unspecified atom stereocenters. The summed E-state index contributed by atoms with van der Waals surface area (Å²) in [6, 6.07) is 20.8. The summed E-state index contributed by atoms with van der Waals surface area (Å²) in [5.74, 6) is -0.903. The molecule has 5 rings (SSSR count). The minimum atomic E-state index is -0.291. The Morgan fingerprint density at radius 3 is 1.76 bits per heavy atom. The first-order chi connectivity index (χ1) is 18.1. The molecule has 0 saturated heterocycles. The highest BCUT2D eigenvalue weighted by Gasteiger charge is 2.30. The first-order valence-electron chi connectivity index (χ1n) is 12.5. The highest BCUT2D eigenvalue weighted by Crippen LogP contribution is 2.30. The van der Waals surface area contributed by atoms with Crippen molar-refractivity contribution in [1.29, 1.82) is 0 Å². The molecule has 1 amide bonds. The van der Waals surface area contributed by atoms with E-state index in [-0.39, 0.29) is 40.8 Å². The second-order valence-electron chi connectivity index (χ2n) is 9.95. The van der Waals surface area contributed by atoms with Gasteiger partial charge in [-0.15, -0.1) is 0 Å². The summed E-state index contributed by atoms with van der Waals surface area (Å²) >= 11 is 0. The minimum Gasteiger partial charge on any atom is -0.322 e. The summed E-state index contributed by atoms with van der Waals surface area (Å²) in [6.07, 6.45) is 0.133. The van der Waals surface area contributed by atoms with Crippen LogP contribution < -0.4 is 5.32 Å². The third kappa shape index (κ3) is 4.59. The molecule has 5 heteroatoms. The second kappa shape index (κ2) is 9.67. The van der Waals surface area contributed by atoms with E-state index in [1.54, 1.807) is 42.5 Å². The first-order valence-corrected chi connectivity index (χ1v) is 12.5. The molecule has 4 aromatic carbocycles. The molecule has 0 aliphatic heterocycles. The molecule has 0 aromatic heterocycles. The lowest BCUT2D eigenvalue weighted by molar-refractivity contribution is 0.0977. The average Bonchev–Trinajstić information content (AvgIpc) is 2.90.